The van der Waals surface area contributed by atoms with E-state index in [-0.39, 0.29) is 50.0 Å². The molecule has 6 aromatic rings. The molecular formula is C37H26N8O16S4. The molecule has 0 saturated carbocycles. The molecule has 1 heterocycles. The van der Waals surface area contributed by atoms with Crippen LogP contribution >= 0.6 is 0 Å². The lowest BCUT2D eigenvalue weighted by molar-refractivity contribution is -0.130. The number of azo groups is 3. The van der Waals surface area contributed by atoms with Gasteiger partial charge in [0.2, 0.25) is 6.04 Å². The molecule has 1 amide bonds. The molecule has 6 aromatic carbocycles. The summed E-state index contributed by atoms with van der Waals surface area (Å²) in [5.74, 6) is -3.44. The van der Waals surface area contributed by atoms with Crippen molar-refractivity contribution in [2.45, 2.75) is 32.5 Å². The lowest BCUT2D eigenvalue weighted by Gasteiger charge is -2.12. The van der Waals surface area contributed by atoms with Crippen LogP contribution < -0.4 is 5.01 Å². The first-order chi connectivity index (χ1) is 30.3. The van der Waals surface area contributed by atoms with Gasteiger partial charge in [0.05, 0.1) is 38.2 Å². The number of carbonyl (C=O) groups excluding carboxylic acids is 1. The molecule has 0 radical (unpaired) electrons. The number of carbonyl (C=O) groups is 2. The standard InChI is InChI=1S/C37H26N8O16S4/c1-18-12-21(38-39-22-4-2-19-13-26(63(53,54)55)17-30(27(19)15-22)64(56,57)58)6-11-29(18)41-42-32-31(65(59,60)61)14-20-3-5-23(16-28(20)35(32)46)40-43-33-34(37(48)49)44-45(36(33)47)24-7-9-25(10-8-24)62(50,51)52/h2-17,33,46H,1H3,(H,48,49)(H,50,51,52)(H,53,54,55)(H,56,57,58)(H,59,60,61). The fraction of sp³-hybridized carbons (Fsp3) is 0.0541. The van der Waals surface area contributed by atoms with E-state index < -0.39 is 95.1 Å². The Morgan fingerprint density at radius 3 is 1.72 bits per heavy atom. The van der Waals surface area contributed by atoms with E-state index in [2.05, 4.69) is 35.8 Å². The number of aromatic hydroxyl groups is 1. The van der Waals surface area contributed by atoms with Crippen molar-refractivity contribution in [2.75, 3.05) is 5.01 Å². The quantitative estimate of drug-likeness (QED) is 0.0544. The zero-order valence-electron chi connectivity index (χ0n) is 32.3. The number of hydrogen-bond donors (Lipinski definition) is 6. The Hall–Kier alpha value is -7.31. The van der Waals surface area contributed by atoms with E-state index in [1.54, 1.807) is 6.92 Å². The van der Waals surface area contributed by atoms with Gasteiger partial charge in [0.25, 0.3) is 46.4 Å². The van der Waals surface area contributed by atoms with Crippen molar-refractivity contribution in [2.24, 2.45) is 35.8 Å². The molecule has 7 rings (SSSR count). The van der Waals surface area contributed by atoms with Gasteiger partial charge in [-0.05, 0) is 108 Å². The molecule has 0 spiro atoms. The van der Waals surface area contributed by atoms with Gasteiger partial charge in [-0.25, -0.2) is 4.79 Å². The number of carboxylic acids is 1. The van der Waals surface area contributed by atoms with E-state index >= 15 is 0 Å². The van der Waals surface area contributed by atoms with E-state index in [9.17, 15) is 71.7 Å². The number of anilines is 1. The number of fused-ring (bicyclic) bond motifs is 2. The maximum absolute atomic E-state index is 13.2. The van der Waals surface area contributed by atoms with E-state index in [1.165, 1.54) is 54.6 Å². The van der Waals surface area contributed by atoms with Gasteiger partial charge in [-0.15, -0.1) is 5.11 Å². The van der Waals surface area contributed by atoms with Crippen molar-refractivity contribution >= 4 is 114 Å². The van der Waals surface area contributed by atoms with Crippen LogP contribution in [0, 0.1) is 6.92 Å². The second-order valence-corrected chi connectivity index (χ2v) is 19.3. The summed E-state index contributed by atoms with van der Waals surface area (Å²) in [6, 6.07) is 16.7. The predicted molar refractivity (Wildman–Crippen MR) is 226 cm³/mol. The number of carboxylic acid groups (broad SMARTS) is 1. The van der Waals surface area contributed by atoms with Gasteiger partial charge in [-0.2, -0.15) is 69.4 Å². The largest absolute Gasteiger partial charge is 0.505 e. The van der Waals surface area contributed by atoms with Gasteiger partial charge in [0.1, 0.15) is 15.5 Å². The summed E-state index contributed by atoms with van der Waals surface area (Å²) < 4.78 is 134. The molecule has 0 fully saturated rings. The maximum Gasteiger partial charge on any atom is 0.355 e. The summed E-state index contributed by atoms with van der Waals surface area (Å²) in [5, 5.41) is 49.2. The number of benzene rings is 6. The monoisotopic (exact) mass is 966 g/mol. The molecule has 6 N–H and O–H groups in total. The minimum absolute atomic E-state index is 0.0308. The maximum atomic E-state index is 13.2. The third-order valence-corrected chi connectivity index (χ3v) is 12.7. The van der Waals surface area contributed by atoms with Crippen LogP contribution in [0.3, 0.4) is 0 Å². The van der Waals surface area contributed by atoms with Gasteiger partial charge in [0, 0.05) is 10.8 Å². The van der Waals surface area contributed by atoms with Gasteiger partial charge in [-0.1, -0.05) is 12.1 Å². The number of phenolic OH excluding ortho intramolecular Hbond substituents is 1. The lowest BCUT2D eigenvalue weighted by Crippen LogP contribution is -2.33. The van der Waals surface area contributed by atoms with Crippen LogP contribution in [0.25, 0.3) is 21.5 Å². The molecule has 1 aliphatic heterocycles. The molecular weight excluding hydrogens is 941 g/mol. The molecule has 0 aromatic heterocycles. The molecule has 0 bridgehead atoms. The van der Waals surface area contributed by atoms with Crippen LogP contribution in [0.5, 0.6) is 5.75 Å². The van der Waals surface area contributed by atoms with Crippen molar-refractivity contribution in [3.63, 3.8) is 0 Å². The first-order valence-corrected chi connectivity index (χ1v) is 23.4. The molecule has 24 nitrogen and oxygen atoms in total. The van der Waals surface area contributed by atoms with Gasteiger partial charge < -0.3 is 10.2 Å². The second-order valence-electron chi connectivity index (χ2n) is 13.6. The minimum Gasteiger partial charge on any atom is -0.505 e. The molecule has 0 saturated heterocycles. The van der Waals surface area contributed by atoms with Crippen LogP contribution in [0.15, 0.2) is 152 Å². The number of nitrogens with zero attached hydrogens (tertiary/aromatic N) is 8. The predicted octanol–water partition coefficient (Wildman–Crippen LogP) is 6.76. The highest BCUT2D eigenvalue weighted by molar-refractivity contribution is 7.87. The number of amides is 1. The molecule has 1 aliphatic rings. The summed E-state index contributed by atoms with van der Waals surface area (Å²) >= 11 is 0. The zero-order valence-corrected chi connectivity index (χ0v) is 35.6. The van der Waals surface area contributed by atoms with Crippen molar-refractivity contribution < 1.29 is 71.7 Å². The molecule has 65 heavy (non-hydrogen) atoms. The molecule has 334 valence electrons. The average Bonchev–Trinajstić information content (AvgIpc) is 3.56. The minimum atomic E-state index is -5.05. The highest BCUT2D eigenvalue weighted by Crippen LogP contribution is 2.43. The van der Waals surface area contributed by atoms with Gasteiger partial charge in [0.15, 0.2) is 11.5 Å². The Kier molecular flexibility index (Phi) is 11.7. The van der Waals surface area contributed by atoms with Crippen molar-refractivity contribution in [3.05, 3.63) is 103 Å². The molecule has 1 atom stereocenters. The van der Waals surface area contributed by atoms with E-state index in [0.29, 0.717) is 16.6 Å². The second kappa shape index (κ2) is 16.7. The number of aliphatic carboxylic acids is 1. The van der Waals surface area contributed by atoms with Crippen LogP contribution in [-0.2, 0) is 50.1 Å². The van der Waals surface area contributed by atoms with Crippen molar-refractivity contribution in [1.29, 1.82) is 0 Å². The van der Waals surface area contributed by atoms with Crippen LogP contribution in [-0.4, -0.2) is 85.7 Å². The molecule has 1 unspecified atom stereocenters. The van der Waals surface area contributed by atoms with Crippen LogP contribution in [0.2, 0.25) is 0 Å². The van der Waals surface area contributed by atoms with Crippen LogP contribution in [0.4, 0.5) is 34.1 Å². The van der Waals surface area contributed by atoms with Gasteiger partial charge >= 0.3 is 5.97 Å². The normalized spacial score (nSPS) is 15.3. The Morgan fingerprint density at radius 1 is 0.600 bits per heavy atom. The van der Waals surface area contributed by atoms with Crippen molar-refractivity contribution in [3.8, 4) is 5.75 Å². The number of hydrazone groups is 1. The summed E-state index contributed by atoms with van der Waals surface area (Å²) in [6.07, 6.45) is 0. The lowest BCUT2D eigenvalue weighted by atomic mass is 10.1. The fourth-order valence-corrected chi connectivity index (χ4v) is 8.69. The Labute approximate surface area is 365 Å². The third kappa shape index (κ3) is 9.63. The Bertz CT molecular complexity index is 3640. The molecule has 28 heteroatoms. The van der Waals surface area contributed by atoms with E-state index in [0.717, 1.165) is 36.4 Å². The first kappa shape index (κ1) is 45.7. The summed E-state index contributed by atoms with van der Waals surface area (Å²) in [7, 11) is -19.4. The highest BCUT2D eigenvalue weighted by Gasteiger charge is 2.41. The highest BCUT2D eigenvalue weighted by atomic mass is 32.2. The summed E-state index contributed by atoms with van der Waals surface area (Å²) in [5.41, 5.74) is -0.825. The average molecular weight is 967 g/mol. The topological polar surface area (TPSA) is 382 Å². The fourth-order valence-electron chi connectivity index (χ4n) is 6.20. The van der Waals surface area contributed by atoms with E-state index in [1.807, 2.05) is 0 Å². The number of rotatable bonds is 12. The molecule has 0 aliphatic carbocycles. The summed E-state index contributed by atoms with van der Waals surface area (Å²) in [4.78, 5) is 22.3. The Balaban J connectivity index is 1.16. The van der Waals surface area contributed by atoms with E-state index in [4.69, 9.17) is 0 Å². The SMILES string of the molecule is Cc1cc(N=Nc2ccc3cc(S(=O)(=O)O)cc(S(=O)(=O)O)c3c2)ccc1N=Nc1c(S(=O)(=O)O)cc2ccc(N=NC3C(=O)N(c4ccc(S(=O)(=O)O)cc4)N=C3C(=O)O)cc2c1O. The van der Waals surface area contributed by atoms with Crippen molar-refractivity contribution in [1.82, 2.24) is 0 Å². The number of aryl methyl sites for hydroxylation is 1. The smallest absolute Gasteiger partial charge is 0.355 e. The third-order valence-electron chi connectivity index (χ3n) is 9.28. The Morgan fingerprint density at radius 2 is 1.15 bits per heavy atom. The number of phenols is 1. The van der Waals surface area contributed by atoms with Crippen LogP contribution in [0.1, 0.15) is 5.56 Å². The number of hydrogen-bond acceptors (Lipinski definition) is 18. The zero-order chi connectivity index (χ0) is 47.4. The summed E-state index contributed by atoms with van der Waals surface area (Å²) in [6.45, 7) is 1.56. The van der Waals surface area contributed by atoms with Gasteiger partial charge in [-0.3, -0.25) is 23.0 Å². The first-order valence-electron chi connectivity index (χ1n) is 17.7.